The number of para-hydroxylation sites is 1. The van der Waals surface area contributed by atoms with Gasteiger partial charge in [0.1, 0.15) is 12.3 Å². The molecule has 0 heterocycles. The molecule has 1 rings (SSSR count). The highest BCUT2D eigenvalue weighted by atomic mass is 16.6. The SMILES string of the molecule is COCCOCCOc1cccc(NN)c1[N+](=O)[O-]. The van der Waals surface area contributed by atoms with Gasteiger partial charge < -0.3 is 19.6 Å². The third kappa shape index (κ3) is 4.70. The molecule has 0 saturated heterocycles. The zero-order valence-electron chi connectivity index (χ0n) is 10.6. The van der Waals surface area contributed by atoms with Crippen LogP contribution in [0.3, 0.4) is 0 Å². The third-order valence-corrected chi connectivity index (χ3v) is 2.25. The van der Waals surface area contributed by atoms with Gasteiger partial charge in [0.05, 0.1) is 24.7 Å². The molecule has 0 atom stereocenters. The zero-order valence-corrected chi connectivity index (χ0v) is 10.6. The smallest absolute Gasteiger partial charge is 0.335 e. The number of methoxy groups -OCH3 is 1. The molecular weight excluding hydrogens is 254 g/mol. The Morgan fingerprint density at radius 3 is 2.68 bits per heavy atom. The number of ether oxygens (including phenoxy) is 3. The normalized spacial score (nSPS) is 10.2. The van der Waals surface area contributed by atoms with Gasteiger partial charge in [0.2, 0.25) is 0 Å². The van der Waals surface area contributed by atoms with Crippen LogP contribution in [0.15, 0.2) is 18.2 Å². The monoisotopic (exact) mass is 271 g/mol. The van der Waals surface area contributed by atoms with E-state index in [-0.39, 0.29) is 23.7 Å². The Labute approximate surface area is 110 Å². The van der Waals surface area contributed by atoms with Gasteiger partial charge in [-0.05, 0) is 12.1 Å². The molecule has 0 aliphatic carbocycles. The lowest BCUT2D eigenvalue weighted by molar-refractivity contribution is -0.385. The molecule has 0 amide bonds. The van der Waals surface area contributed by atoms with E-state index in [0.717, 1.165) is 0 Å². The quantitative estimate of drug-likeness (QED) is 0.297. The lowest BCUT2D eigenvalue weighted by Crippen LogP contribution is -2.12. The van der Waals surface area contributed by atoms with E-state index in [4.69, 9.17) is 20.1 Å². The van der Waals surface area contributed by atoms with Crippen LogP contribution in [0.4, 0.5) is 11.4 Å². The van der Waals surface area contributed by atoms with Crippen LogP contribution in [0.5, 0.6) is 5.75 Å². The number of nitrogen functional groups attached to an aromatic ring is 1. The van der Waals surface area contributed by atoms with Crippen molar-refractivity contribution in [2.45, 2.75) is 0 Å². The molecule has 1 aromatic carbocycles. The summed E-state index contributed by atoms with van der Waals surface area (Å²) in [6, 6.07) is 4.62. The van der Waals surface area contributed by atoms with Crippen LogP contribution in [0, 0.1) is 10.1 Å². The van der Waals surface area contributed by atoms with Crippen molar-refractivity contribution in [1.82, 2.24) is 0 Å². The summed E-state index contributed by atoms with van der Waals surface area (Å²) in [5, 5.41) is 11.0. The minimum Gasteiger partial charge on any atom is -0.484 e. The first-order valence-electron chi connectivity index (χ1n) is 5.64. The highest BCUT2D eigenvalue weighted by Gasteiger charge is 2.20. The molecule has 8 heteroatoms. The molecule has 0 bridgehead atoms. The van der Waals surface area contributed by atoms with E-state index < -0.39 is 4.92 Å². The molecule has 0 aromatic heterocycles. The second kappa shape index (κ2) is 8.25. The van der Waals surface area contributed by atoms with Crippen molar-refractivity contribution in [3.63, 3.8) is 0 Å². The molecule has 8 nitrogen and oxygen atoms in total. The third-order valence-electron chi connectivity index (χ3n) is 2.25. The average Bonchev–Trinajstić information content (AvgIpc) is 2.42. The summed E-state index contributed by atoms with van der Waals surface area (Å²) in [4.78, 5) is 10.4. The Balaban J connectivity index is 2.55. The minimum atomic E-state index is -0.545. The number of anilines is 1. The number of nitro groups is 1. The first-order valence-corrected chi connectivity index (χ1v) is 5.64. The van der Waals surface area contributed by atoms with Crippen molar-refractivity contribution in [2.24, 2.45) is 5.84 Å². The van der Waals surface area contributed by atoms with Gasteiger partial charge in [-0.15, -0.1) is 0 Å². The van der Waals surface area contributed by atoms with Gasteiger partial charge >= 0.3 is 5.69 Å². The van der Waals surface area contributed by atoms with E-state index in [1.54, 1.807) is 13.2 Å². The summed E-state index contributed by atoms with van der Waals surface area (Å²) in [7, 11) is 1.58. The average molecular weight is 271 g/mol. The Bertz CT molecular complexity index is 413. The van der Waals surface area contributed by atoms with Gasteiger partial charge in [-0.2, -0.15) is 0 Å². The van der Waals surface area contributed by atoms with E-state index >= 15 is 0 Å². The Morgan fingerprint density at radius 1 is 1.32 bits per heavy atom. The van der Waals surface area contributed by atoms with Crippen molar-refractivity contribution < 1.29 is 19.1 Å². The Morgan fingerprint density at radius 2 is 2.05 bits per heavy atom. The Hall–Kier alpha value is -1.90. The van der Waals surface area contributed by atoms with Gasteiger partial charge in [-0.25, -0.2) is 0 Å². The van der Waals surface area contributed by atoms with E-state index in [1.165, 1.54) is 12.1 Å². The van der Waals surface area contributed by atoms with Crippen molar-refractivity contribution in [2.75, 3.05) is 39.0 Å². The van der Waals surface area contributed by atoms with Gasteiger partial charge in [0.25, 0.3) is 0 Å². The number of hydrazine groups is 1. The van der Waals surface area contributed by atoms with E-state index in [2.05, 4.69) is 5.43 Å². The molecule has 1 aromatic rings. The van der Waals surface area contributed by atoms with E-state index in [0.29, 0.717) is 19.8 Å². The highest BCUT2D eigenvalue weighted by molar-refractivity contribution is 5.67. The molecule has 0 saturated carbocycles. The molecule has 0 aliphatic rings. The first kappa shape index (κ1) is 15.2. The molecule has 0 unspecified atom stereocenters. The lowest BCUT2D eigenvalue weighted by Gasteiger charge is -2.09. The fraction of sp³-hybridized carbons (Fsp3) is 0.455. The number of nitro benzene ring substituents is 1. The van der Waals surface area contributed by atoms with Gasteiger partial charge in [-0.3, -0.25) is 16.0 Å². The fourth-order valence-electron chi connectivity index (χ4n) is 1.40. The molecular formula is C11H17N3O5. The van der Waals surface area contributed by atoms with Crippen molar-refractivity contribution in [3.8, 4) is 5.75 Å². The predicted octanol–water partition coefficient (Wildman–Crippen LogP) is 0.922. The number of benzene rings is 1. The molecule has 3 N–H and O–H groups in total. The second-order valence-electron chi connectivity index (χ2n) is 3.51. The largest absolute Gasteiger partial charge is 0.484 e. The molecule has 0 radical (unpaired) electrons. The van der Waals surface area contributed by atoms with Crippen LogP contribution in [-0.2, 0) is 9.47 Å². The number of hydrogen-bond acceptors (Lipinski definition) is 7. The summed E-state index contributed by atoms with van der Waals surface area (Å²) in [6.45, 7) is 1.47. The fourth-order valence-corrected chi connectivity index (χ4v) is 1.40. The topological polar surface area (TPSA) is 109 Å². The number of nitrogens with one attached hydrogen (secondary N) is 1. The van der Waals surface area contributed by atoms with Gasteiger partial charge in [-0.1, -0.05) is 6.07 Å². The molecule has 0 aliphatic heterocycles. The number of nitrogens with two attached hydrogens (primary N) is 1. The van der Waals surface area contributed by atoms with Crippen LogP contribution in [-0.4, -0.2) is 38.5 Å². The Kier molecular flexibility index (Phi) is 6.58. The number of hydrogen-bond donors (Lipinski definition) is 2. The van der Waals surface area contributed by atoms with Gasteiger partial charge in [0, 0.05) is 7.11 Å². The van der Waals surface area contributed by atoms with E-state index in [1.807, 2.05) is 0 Å². The van der Waals surface area contributed by atoms with Crippen LogP contribution in [0.1, 0.15) is 0 Å². The predicted molar refractivity (Wildman–Crippen MR) is 69.1 cm³/mol. The van der Waals surface area contributed by atoms with Crippen LogP contribution >= 0.6 is 0 Å². The molecule has 0 fully saturated rings. The van der Waals surface area contributed by atoms with Crippen molar-refractivity contribution in [3.05, 3.63) is 28.3 Å². The zero-order chi connectivity index (χ0) is 14.1. The molecule has 0 spiro atoms. The van der Waals surface area contributed by atoms with Crippen LogP contribution < -0.4 is 16.0 Å². The summed E-state index contributed by atoms with van der Waals surface area (Å²) >= 11 is 0. The summed E-state index contributed by atoms with van der Waals surface area (Å²) < 4.78 is 15.3. The summed E-state index contributed by atoms with van der Waals surface area (Å²) in [6.07, 6.45) is 0. The number of nitrogens with zero attached hydrogens (tertiary/aromatic N) is 1. The van der Waals surface area contributed by atoms with Crippen LogP contribution in [0.25, 0.3) is 0 Å². The maximum Gasteiger partial charge on any atom is 0.335 e. The van der Waals surface area contributed by atoms with Crippen molar-refractivity contribution in [1.29, 1.82) is 0 Å². The standard InChI is InChI=1S/C11H17N3O5/c1-17-5-6-18-7-8-19-10-4-2-3-9(13-12)11(10)14(15)16/h2-4,13H,5-8,12H2,1H3. The number of rotatable bonds is 9. The molecule has 19 heavy (non-hydrogen) atoms. The maximum absolute atomic E-state index is 11.0. The van der Waals surface area contributed by atoms with Crippen molar-refractivity contribution >= 4 is 11.4 Å². The summed E-state index contributed by atoms with van der Waals surface area (Å²) in [5.41, 5.74) is 2.27. The highest BCUT2D eigenvalue weighted by Crippen LogP contribution is 2.33. The minimum absolute atomic E-state index is 0.149. The summed E-state index contributed by atoms with van der Waals surface area (Å²) in [5.74, 6) is 5.37. The second-order valence-corrected chi connectivity index (χ2v) is 3.51. The van der Waals surface area contributed by atoms with Crippen LogP contribution in [0.2, 0.25) is 0 Å². The first-order chi connectivity index (χ1) is 9.20. The lowest BCUT2D eigenvalue weighted by atomic mass is 10.2. The van der Waals surface area contributed by atoms with E-state index in [9.17, 15) is 10.1 Å². The van der Waals surface area contributed by atoms with Gasteiger partial charge in [0.15, 0.2) is 5.75 Å². The maximum atomic E-state index is 11.0. The molecule has 106 valence electrons.